The Bertz CT molecular complexity index is 784. The number of carbonyl (C=O) groups excluding carboxylic acids is 1. The Balaban J connectivity index is 1.60. The highest BCUT2D eigenvalue weighted by Crippen LogP contribution is 2.34. The quantitative estimate of drug-likeness (QED) is 0.775. The molecule has 6 nitrogen and oxygen atoms in total. The van der Waals surface area contributed by atoms with Gasteiger partial charge in [0.05, 0.1) is 17.5 Å². The van der Waals surface area contributed by atoms with Crippen LogP contribution in [0.1, 0.15) is 42.5 Å². The summed E-state index contributed by atoms with van der Waals surface area (Å²) in [4.78, 5) is 12.5. The number of hydrogen-bond acceptors (Lipinski definition) is 6. The van der Waals surface area contributed by atoms with Gasteiger partial charge in [0.1, 0.15) is 19.0 Å². The number of hydrogen-bond donors (Lipinski definition) is 1. The van der Waals surface area contributed by atoms with Crippen LogP contribution in [-0.4, -0.2) is 30.0 Å². The minimum Gasteiger partial charge on any atom is -0.486 e. The summed E-state index contributed by atoms with van der Waals surface area (Å²) in [5, 5.41) is 7.10. The Hall–Kier alpha value is -2.15. The Morgan fingerprint density at radius 1 is 1.22 bits per heavy atom. The molecule has 2 heterocycles. The lowest BCUT2D eigenvalue weighted by Gasteiger charge is -2.25. The number of carbonyl (C=O) groups is 1. The van der Waals surface area contributed by atoms with Gasteiger partial charge in [-0.2, -0.15) is 0 Å². The molecule has 0 saturated heterocycles. The van der Waals surface area contributed by atoms with Gasteiger partial charge in [-0.15, -0.1) is 11.8 Å². The largest absolute Gasteiger partial charge is 0.486 e. The molecular weight excluding hydrogens is 364 g/mol. The van der Waals surface area contributed by atoms with Crippen molar-refractivity contribution in [1.82, 2.24) is 10.5 Å². The zero-order chi connectivity index (χ0) is 19.4. The molecule has 0 aliphatic carbocycles. The maximum atomic E-state index is 12.5. The van der Waals surface area contributed by atoms with E-state index in [2.05, 4.69) is 24.3 Å². The predicted molar refractivity (Wildman–Crippen MR) is 105 cm³/mol. The molecule has 1 aromatic carbocycles. The third kappa shape index (κ3) is 4.77. The Kier molecular flexibility index (Phi) is 6.31. The summed E-state index contributed by atoms with van der Waals surface area (Å²) in [5.41, 5.74) is 2.98. The highest BCUT2D eigenvalue weighted by atomic mass is 32.2. The second-order valence-electron chi connectivity index (χ2n) is 6.99. The lowest BCUT2D eigenvalue weighted by molar-refractivity contribution is -0.119. The molecule has 1 aliphatic rings. The van der Waals surface area contributed by atoms with E-state index in [-0.39, 0.29) is 17.9 Å². The fourth-order valence-corrected chi connectivity index (χ4v) is 4.04. The Morgan fingerprint density at radius 2 is 1.96 bits per heavy atom. The maximum absolute atomic E-state index is 12.5. The average molecular weight is 391 g/mol. The highest BCUT2D eigenvalue weighted by molar-refractivity contribution is 7.99. The summed E-state index contributed by atoms with van der Waals surface area (Å²) in [6.07, 6.45) is 0. The van der Waals surface area contributed by atoms with Gasteiger partial charge in [0.25, 0.3) is 0 Å². The number of aryl methyl sites for hydroxylation is 2. The average Bonchev–Trinajstić information content (AvgIpc) is 2.97. The second kappa shape index (κ2) is 8.69. The van der Waals surface area contributed by atoms with Crippen LogP contribution < -0.4 is 14.8 Å². The number of nitrogens with one attached hydrogen (secondary N) is 1. The van der Waals surface area contributed by atoms with Gasteiger partial charge in [-0.1, -0.05) is 25.1 Å². The van der Waals surface area contributed by atoms with Crippen LogP contribution in [0.15, 0.2) is 22.7 Å². The van der Waals surface area contributed by atoms with Crippen LogP contribution in [0.5, 0.6) is 11.5 Å². The van der Waals surface area contributed by atoms with E-state index in [9.17, 15) is 4.79 Å². The van der Waals surface area contributed by atoms with E-state index in [1.807, 2.05) is 32.0 Å². The predicted octanol–water partition coefficient (Wildman–Crippen LogP) is 3.81. The molecule has 27 heavy (non-hydrogen) atoms. The van der Waals surface area contributed by atoms with Crippen molar-refractivity contribution in [3.63, 3.8) is 0 Å². The SMILES string of the molecule is Cc1noc(C)c1CSCC(=O)NC(c1ccc2c(c1)OCCO2)C(C)C. The summed E-state index contributed by atoms with van der Waals surface area (Å²) >= 11 is 1.56. The fraction of sp³-hybridized carbons (Fsp3) is 0.500. The van der Waals surface area contributed by atoms with E-state index in [1.54, 1.807) is 11.8 Å². The molecule has 146 valence electrons. The van der Waals surface area contributed by atoms with E-state index < -0.39 is 0 Å². The molecular formula is C20H26N2O4S. The molecule has 0 fully saturated rings. The van der Waals surface area contributed by atoms with Gasteiger partial charge in [0, 0.05) is 11.3 Å². The first-order valence-corrected chi connectivity index (χ1v) is 10.3. The van der Waals surface area contributed by atoms with Crippen molar-refractivity contribution in [2.75, 3.05) is 19.0 Å². The molecule has 1 amide bonds. The van der Waals surface area contributed by atoms with Crippen LogP contribution in [-0.2, 0) is 10.5 Å². The number of benzene rings is 1. The summed E-state index contributed by atoms with van der Waals surface area (Å²) < 4.78 is 16.4. The van der Waals surface area contributed by atoms with Crippen molar-refractivity contribution in [2.24, 2.45) is 5.92 Å². The number of fused-ring (bicyclic) bond motifs is 1. The van der Waals surface area contributed by atoms with E-state index in [4.69, 9.17) is 14.0 Å². The smallest absolute Gasteiger partial charge is 0.230 e. The molecule has 3 rings (SSSR count). The Morgan fingerprint density at radius 3 is 2.63 bits per heavy atom. The van der Waals surface area contributed by atoms with Crippen LogP contribution >= 0.6 is 11.8 Å². The van der Waals surface area contributed by atoms with E-state index in [1.165, 1.54) is 0 Å². The standard InChI is InChI=1S/C20H26N2O4S/c1-12(2)20(15-5-6-17-18(9-15)25-8-7-24-17)21-19(23)11-27-10-16-13(3)22-26-14(16)4/h5-6,9,12,20H,7-8,10-11H2,1-4H3,(H,21,23). The summed E-state index contributed by atoms with van der Waals surface area (Å²) in [7, 11) is 0. The second-order valence-corrected chi connectivity index (χ2v) is 7.97. The van der Waals surface area contributed by atoms with Gasteiger partial charge in [-0.05, 0) is 37.5 Å². The first kappa shape index (κ1) is 19.6. The third-order valence-corrected chi connectivity index (χ3v) is 5.53. The van der Waals surface area contributed by atoms with Crippen molar-refractivity contribution in [3.8, 4) is 11.5 Å². The summed E-state index contributed by atoms with van der Waals surface area (Å²) in [6.45, 7) is 9.12. The number of thioether (sulfide) groups is 1. The summed E-state index contributed by atoms with van der Waals surface area (Å²) in [6, 6.07) is 5.80. The zero-order valence-electron chi connectivity index (χ0n) is 16.2. The van der Waals surface area contributed by atoms with E-state index >= 15 is 0 Å². The van der Waals surface area contributed by atoms with Gasteiger partial charge >= 0.3 is 0 Å². The lowest BCUT2D eigenvalue weighted by atomic mass is 9.95. The molecule has 1 unspecified atom stereocenters. The molecule has 0 spiro atoms. The van der Waals surface area contributed by atoms with Crippen LogP contribution in [0.25, 0.3) is 0 Å². The molecule has 1 atom stereocenters. The monoisotopic (exact) mass is 390 g/mol. The number of aromatic nitrogens is 1. The minimum absolute atomic E-state index is 0.0142. The van der Waals surface area contributed by atoms with E-state index in [0.717, 1.165) is 34.1 Å². The number of nitrogens with zero attached hydrogens (tertiary/aromatic N) is 1. The zero-order valence-corrected chi connectivity index (χ0v) is 17.0. The van der Waals surface area contributed by atoms with Gasteiger partial charge < -0.3 is 19.3 Å². The van der Waals surface area contributed by atoms with Crippen LogP contribution in [0.2, 0.25) is 0 Å². The molecule has 1 N–H and O–H groups in total. The van der Waals surface area contributed by atoms with Gasteiger partial charge in [-0.3, -0.25) is 4.79 Å². The maximum Gasteiger partial charge on any atom is 0.230 e. The molecule has 1 aliphatic heterocycles. The molecule has 0 radical (unpaired) electrons. The van der Waals surface area contributed by atoms with Gasteiger partial charge in [0.15, 0.2) is 11.5 Å². The first-order valence-electron chi connectivity index (χ1n) is 9.14. The van der Waals surface area contributed by atoms with Crippen molar-refractivity contribution in [3.05, 3.63) is 40.8 Å². The van der Waals surface area contributed by atoms with Crippen molar-refractivity contribution >= 4 is 17.7 Å². The molecule has 0 saturated carbocycles. The molecule has 2 aromatic rings. The first-order chi connectivity index (χ1) is 13.0. The highest BCUT2D eigenvalue weighted by Gasteiger charge is 2.21. The third-order valence-electron chi connectivity index (χ3n) is 4.57. The topological polar surface area (TPSA) is 73.6 Å². The number of amides is 1. The van der Waals surface area contributed by atoms with Gasteiger partial charge in [0.2, 0.25) is 5.91 Å². The number of rotatable bonds is 7. The minimum atomic E-state index is -0.0759. The van der Waals surface area contributed by atoms with E-state index in [0.29, 0.717) is 24.7 Å². The van der Waals surface area contributed by atoms with Crippen molar-refractivity contribution in [1.29, 1.82) is 0 Å². The summed E-state index contributed by atoms with van der Waals surface area (Å²) in [5.74, 6) is 3.68. The van der Waals surface area contributed by atoms with Crippen LogP contribution in [0.4, 0.5) is 0 Å². The fourth-order valence-electron chi connectivity index (χ4n) is 3.06. The molecule has 7 heteroatoms. The number of ether oxygens (including phenoxy) is 2. The normalized spacial score (nSPS) is 14.3. The lowest BCUT2D eigenvalue weighted by Crippen LogP contribution is -2.33. The van der Waals surface area contributed by atoms with Crippen molar-refractivity contribution < 1.29 is 18.8 Å². The molecule has 1 aromatic heterocycles. The van der Waals surface area contributed by atoms with Crippen LogP contribution in [0.3, 0.4) is 0 Å². The van der Waals surface area contributed by atoms with Crippen molar-refractivity contribution in [2.45, 2.75) is 39.5 Å². The Labute approximate surface area is 164 Å². The molecule has 0 bridgehead atoms. The van der Waals surface area contributed by atoms with Gasteiger partial charge in [-0.25, -0.2) is 0 Å². The van der Waals surface area contributed by atoms with Crippen LogP contribution in [0, 0.1) is 19.8 Å².